The van der Waals surface area contributed by atoms with Crippen molar-refractivity contribution in [3.05, 3.63) is 0 Å². The second-order valence-electron chi connectivity index (χ2n) is 0.250. The number of carbonyl (C=O) groups is 1. The number of carbonyl (C=O) groups excluding carboxylic acids is 1. The van der Waals surface area contributed by atoms with Crippen LogP contribution in [0.4, 0.5) is 4.79 Å². The van der Waals surface area contributed by atoms with Crippen LogP contribution in [0, 0.1) is 35.6 Å². The predicted octanol–water partition coefficient (Wildman–Crippen LogP) is -5.44. The molecule has 0 bridgehead atoms. The molecule has 0 aliphatic rings. The summed E-state index contributed by atoms with van der Waals surface area (Å²) in [6.07, 6.45) is -2.33. The van der Waals surface area contributed by atoms with Crippen LogP contribution >= 0.6 is 0 Å². The van der Waals surface area contributed by atoms with Gasteiger partial charge in [-0.1, -0.05) is 0 Å². The van der Waals surface area contributed by atoms with E-state index < -0.39 is 6.16 Å². The molecule has 32 valence electrons. The number of halogens is 1. The fourth-order valence-corrected chi connectivity index (χ4v) is 0. The summed E-state index contributed by atoms with van der Waals surface area (Å²) < 4.78 is 0. The topological polar surface area (TPSA) is 63.2 Å². The molecule has 0 aromatic rings. The van der Waals surface area contributed by atoms with Gasteiger partial charge in [-0.25, -0.2) is 0 Å². The zero-order valence-electron chi connectivity index (χ0n) is 2.68. The van der Waals surface area contributed by atoms with Crippen LogP contribution in [0.3, 0.4) is 0 Å². The van der Waals surface area contributed by atoms with Gasteiger partial charge in [0.25, 0.3) is 0 Å². The molecule has 0 aliphatic heterocycles. The van der Waals surface area contributed by atoms with E-state index in [1.165, 1.54) is 0 Å². The molecule has 0 saturated heterocycles. The third-order valence-corrected chi connectivity index (χ3v) is 0. The molecular weight excluding hydrogens is 218 g/mol. The van der Waals surface area contributed by atoms with Gasteiger partial charge >= 0.3 is 35.6 Å². The molecule has 0 fully saturated rings. The second-order valence-corrected chi connectivity index (χ2v) is 0.250. The summed E-state index contributed by atoms with van der Waals surface area (Å²) in [4.78, 5) is 8.33. The largest absolute Gasteiger partial charge is 3.00 e. The molecule has 6 heavy (non-hydrogen) atoms. The summed E-state index contributed by atoms with van der Waals surface area (Å²) in [5, 5.41) is 16.7. The Balaban J connectivity index is -0.0000000450. The van der Waals surface area contributed by atoms with Crippen LogP contribution in [0.1, 0.15) is 0 Å². The summed E-state index contributed by atoms with van der Waals surface area (Å²) in [6, 6.07) is 0. The summed E-state index contributed by atoms with van der Waals surface area (Å²) in [6.45, 7) is 0. The normalized spacial score (nSPS) is 4.00. The minimum absolute atomic E-state index is 0. The van der Waals surface area contributed by atoms with E-state index in [0.717, 1.165) is 0 Å². The number of hydrogen-bond donors (Lipinski definition) is 0. The van der Waals surface area contributed by atoms with E-state index in [9.17, 15) is 0 Å². The molecule has 0 aliphatic carbocycles. The predicted molar refractivity (Wildman–Crippen MR) is 5.40 cm³/mol. The first kappa shape index (κ1) is 16.1. The molecule has 0 aromatic carbocycles. The van der Waals surface area contributed by atoms with Crippen molar-refractivity contribution >= 4 is 6.16 Å². The Morgan fingerprint density at radius 3 is 1.33 bits per heavy atom. The van der Waals surface area contributed by atoms with E-state index in [1.54, 1.807) is 0 Å². The number of carboxylic acid groups (broad SMARTS) is 2. The summed E-state index contributed by atoms with van der Waals surface area (Å²) >= 11 is 0. The maximum atomic E-state index is 8.33. The summed E-state index contributed by atoms with van der Waals surface area (Å²) in [5.41, 5.74) is 0. The molecule has 0 unspecified atom stereocenters. The first-order valence-electron chi connectivity index (χ1n) is 0.612. The Kier molecular flexibility index (Phi) is 24.3. The Morgan fingerprint density at radius 2 is 1.33 bits per heavy atom. The van der Waals surface area contributed by atoms with Crippen molar-refractivity contribution in [1.82, 2.24) is 0 Å². The van der Waals surface area contributed by atoms with Crippen LogP contribution in [0.15, 0.2) is 0 Å². The maximum Gasteiger partial charge on any atom is 3.00 e. The molecule has 0 atom stereocenters. The molecule has 3 nitrogen and oxygen atoms in total. The molecule has 0 saturated carbocycles. The SMILES string of the molecule is O=C([O-])[O-].[F-].[La+3]. The van der Waals surface area contributed by atoms with E-state index in [0.29, 0.717) is 0 Å². The third-order valence-electron chi connectivity index (χ3n) is 0. The number of hydrogen-bond acceptors (Lipinski definition) is 3. The van der Waals surface area contributed by atoms with Gasteiger partial charge in [-0.15, -0.1) is 0 Å². The van der Waals surface area contributed by atoms with E-state index >= 15 is 0 Å². The van der Waals surface area contributed by atoms with Crippen LogP contribution in [-0.2, 0) is 0 Å². The van der Waals surface area contributed by atoms with E-state index in [4.69, 9.17) is 15.0 Å². The molecule has 0 heterocycles. The van der Waals surface area contributed by atoms with E-state index in [-0.39, 0.29) is 40.3 Å². The first-order chi connectivity index (χ1) is 1.73. The van der Waals surface area contributed by atoms with Crippen LogP contribution < -0.4 is 14.9 Å². The first-order valence-corrected chi connectivity index (χ1v) is 0.612. The zero-order chi connectivity index (χ0) is 3.58. The van der Waals surface area contributed by atoms with Gasteiger partial charge in [-0.3, -0.25) is 0 Å². The second kappa shape index (κ2) is 9.04. The number of rotatable bonds is 0. The molecule has 0 N–H and O–H groups in total. The van der Waals surface area contributed by atoms with Gasteiger partial charge in [-0.05, 0) is 6.16 Å². The van der Waals surface area contributed by atoms with Crippen molar-refractivity contribution in [2.24, 2.45) is 0 Å². The van der Waals surface area contributed by atoms with Crippen molar-refractivity contribution in [1.29, 1.82) is 0 Å². The third kappa shape index (κ3) is 325. The Bertz CT molecular complexity index is 33.8. The van der Waals surface area contributed by atoms with Crippen LogP contribution in [-0.4, -0.2) is 6.16 Å². The molecule has 0 amide bonds. The van der Waals surface area contributed by atoms with Gasteiger partial charge in [0.2, 0.25) is 0 Å². The quantitative estimate of drug-likeness (QED) is 0.407. The Morgan fingerprint density at radius 1 is 1.33 bits per heavy atom. The minimum atomic E-state index is -2.33. The zero-order valence-corrected chi connectivity index (χ0v) is 6.31. The van der Waals surface area contributed by atoms with Crippen molar-refractivity contribution in [2.45, 2.75) is 0 Å². The van der Waals surface area contributed by atoms with Crippen LogP contribution in [0.2, 0.25) is 0 Å². The summed E-state index contributed by atoms with van der Waals surface area (Å²) in [7, 11) is 0. The van der Waals surface area contributed by atoms with Gasteiger partial charge in [0.05, 0.1) is 0 Å². The van der Waals surface area contributed by atoms with Gasteiger partial charge in [0, 0.05) is 0 Å². The maximum absolute atomic E-state index is 8.33. The molecule has 0 aromatic heterocycles. The molecule has 5 heteroatoms. The van der Waals surface area contributed by atoms with Gasteiger partial charge in [-0.2, -0.15) is 0 Å². The van der Waals surface area contributed by atoms with Crippen molar-refractivity contribution in [3.8, 4) is 0 Å². The Labute approximate surface area is 61.3 Å². The average Bonchev–Trinajstić information content (AvgIpc) is 0.811. The van der Waals surface area contributed by atoms with Gasteiger partial charge in [0.1, 0.15) is 0 Å². The fourth-order valence-electron chi connectivity index (χ4n) is 0. The monoisotopic (exact) mass is 218 g/mol. The van der Waals surface area contributed by atoms with E-state index in [2.05, 4.69) is 0 Å². The van der Waals surface area contributed by atoms with Gasteiger partial charge < -0.3 is 19.7 Å². The molecule has 0 spiro atoms. The molecule has 0 rings (SSSR count). The van der Waals surface area contributed by atoms with Gasteiger partial charge in [0.15, 0.2) is 0 Å². The standard InChI is InChI=1S/CH2O3.FH.La/c2-1(3)4;;/h(H2,2,3,4);1H;/q;;+3/p-3. The van der Waals surface area contributed by atoms with Crippen molar-refractivity contribution in [3.63, 3.8) is 0 Å². The Hall–Kier alpha value is 0.395. The van der Waals surface area contributed by atoms with Crippen molar-refractivity contribution < 1.29 is 55.3 Å². The fraction of sp³-hybridized carbons (Fsp3) is 0. The van der Waals surface area contributed by atoms with Crippen LogP contribution in [0.25, 0.3) is 0 Å². The molecular formula is CFLaO3. The molecule has 0 radical (unpaired) electrons. The summed E-state index contributed by atoms with van der Waals surface area (Å²) in [5.74, 6) is 0. The van der Waals surface area contributed by atoms with Crippen molar-refractivity contribution in [2.75, 3.05) is 0 Å². The smallest absolute Gasteiger partial charge is 1.00 e. The minimum Gasteiger partial charge on any atom is -1.00 e. The van der Waals surface area contributed by atoms with E-state index in [1.807, 2.05) is 0 Å². The van der Waals surface area contributed by atoms with Crippen LogP contribution in [0.5, 0.6) is 0 Å². The average molecular weight is 218 g/mol.